The molecule has 0 spiro atoms. The van der Waals surface area contributed by atoms with Gasteiger partial charge in [0.05, 0.1) is 19.3 Å². The van der Waals surface area contributed by atoms with Gasteiger partial charge in [0.1, 0.15) is 4.90 Å². The zero-order chi connectivity index (χ0) is 13.9. The Balaban J connectivity index is 2.31. The summed E-state index contributed by atoms with van der Waals surface area (Å²) in [5.74, 6) is 5.36. The van der Waals surface area contributed by atoms with Gasteiger partial charge in [-0.1, -0.05) is 0 Å². The summed E-state index contributed by atoms with van der Waals surface area (Å²) in [7, 11) is -3.71. The van der Waals surface area contributed by atoms with Gasteiger partial charge in [-0.15, -0.1) is 0 Å². The fraction of sp³-hybridized carbons (Fsp3) is 0.500. The number of nitrogens with two attached hydrogens (primary N) is 1. The van der Waals surface area contributed by atoms with Crippen LogP contribution in [0.3, 0.4) is 0 Å². The van der Waals surface area contributed by atoms with Gasteiger partial charge in [0.15, 0.2) is 5.82 Å². The van der Waals surface area contributed by atoms with Crippen molar-refractivity contribution in [2.75, 3.05) is 31.7 Å². The molecule has 0 radical (unpaired) electrons. The van der Waals surface area contributed by atoms with Gasteiger partial charge in [-0.3, -0.25) is 0 Å². The normalized spacial score (nSPS) is 21.3. The zero-order valence-electron chi connectivity index (χ0n) is 10.2. The van der Waals surface area contributed by atoms with Gasteiger partial charge in [0.25, 0.3) is 0 Å². The minimum atomic E-state index is -3.71. The second-order valence-corrected chi connectivity index (χ2v) is 5.94. The molecule has 1 aromatic rings. The molecule has 9 heteroatoms. The fourth-order valence-electron chi connectivity index (χ4n) is 1.87. The molecule has 1 aliphatic rings. The SMILES string of the molecule is NNc1ncccc1S(=O)(=O)N1CCOC(CO)C1. The standard InChI is InChI=1S/C10H16N4O4S/c11-13-10-9(2-1-3-12-10)19(16,17)14-4-5-18-8(6-14)7-15/h1-3,8,15H,4-7,11H2,(H,12,13). The Kier molecular flexibility index (Phi) is 4.32. The topological polar surface area (TPSA) is 118 Å². The van der Waals surface area contributed by atoms with E-state index in [1.165, 1.54) is 22.6 Å². The fourth-order valence-corrected chi connectivity index (χ4v) is 3.43. The van der Waals surface area contributed by atoms with E-state index in [4.69, 9.17) is 15.7 Å². The molecular weight excluding hydrogens is 272 g/mol. The van der Waals surface area contributed by atoms with E-state index in [0.29, 0.717) is 0 Å². The summed E-state index contributed by atoms with van der Waals surface area (Å²) >= 11 is 0. The van der Waals surface area contributed by atoms with E-state index in [1.807, 2.05) is 0 Å². The number of sulfonamides is 1. The molecule has 1 unspecified atom stereocenters. The van der Waals surface area contributed by atoms with Crippen LogP contribution in [0.2, 0.25) is 0 Å². The van der Waals surface area contributed by atoms with Crippen molar-refractivity contribution in [2.45, 2.75) is 11.0 Å². The zero-order valence-corrected chi connectivity index (χ0v) is 11.0. The molecule has 1 fully saturated rings. The molecular formula is C10H16N4O4S. The van der Waals surface area contributed by atoms with Gasteiger partial charge in [-0.2, -0.15) is 4.31 Å². The first-order valence-corrected chi connectivity index (χ1v) is 7.18. The molecule has 0 amide bonds. The second kappa shape index (κ2) is 5.80. The molecule has 2 rings (SSSR count). The monoisotopic (exact) mass is 288 g/mol. The quantitative estimate of drug-likeness (QED) is 0.468. The Hall–Kier alpha value is -1.26. The van der Waals surface area contributed by atoms with Crippen LogP contribution >= 0.6 is 0 Å². The Morgan fingerprint density at radius 2 is 2.42 bits per heavy atom. The van der Waals surface area contributed by atoms with Crippen molar-refractivity contribution >= 4 is 15.8 Å². The Bertz CT molecular complexity index is 536. The number of ether oxygens (including phenoxy) is 1. The van der Waals surface area contributed by atoms with Gasteiger partial charge in [0, 0.05) is 19.3 Å². The number of nitrogens with zero attached hydrogens (tertiary/aromatic N) is 2. The summed E-state index contributed by atoms with van der Waals surface area (Å²) in [6, 6.07) is 2.96. The number of anilines is 1. The highest BCUT2D eigenvalue weighted by atomic mass is 32.2. The first kappa shape index (κ1) is 14.2. The van der Waals surface area contributed by atoms with E-state index in [0.717, 1.165) is 0 Å². The average molecular weight is 288 g/mol. The summed E-state index contributed by atoms with van der Waals surface area (Å²) in [5.41, 5.74) is 2.27. The number of morpholine rings is 1. The van der Waals surface area contributed by atoms with Crippen LogP contribution in [0.4, 0.5) is 5.82 Å². The van der Waals surface area contributed by atoms with E-state index in [9.17, 15) is 8.42 Å². The Morgan fingerprint density at radius 1 is 1.63 bits per heavy atom. The lowest BCUT2D eigenvalue weighted by Gasteiger charge is -2.31. The maximum Gasteiger partial charge on any atom is 0.246 e. The van der Waals surface area contributed by atoms with Crippen LogP contribution in [0, 0.1) is 0 Å². The highest BCUT2D eigenvalue weighted by molar-refractivity contribution is 7.89. The van der Waals surface area contributed by atoms with Crippen LogP contribution in [0.5, 0.6) is 0 Å². The lowest BCUT2D eigenvalue weighted by Crippen LogP contribution is -2.47. The molecule has 0 aromatic carbocycles. The molecule has 19 heavy (non-hydrogen) atoms. The Morgan fingerprint density at radius 3 is 3.11 bits per heavy atom. The number of aromatic nitrogens is 1. The molecule has 8 nitrogen and oxygen atoms in total. The van der Waals surface area contributed by atoms with Gasteiger partial charge in [-0.25, -0.2) is 19.2 Å². The molecule has 0 bridgehead atoms. The Labute approximate surface area is 111 Å². The number of rotatable bonds is 4. The first-order valence-electron chi connectivity index (χ1n) is 5.74. The van der Waals surface area contributed by atoms with Crippen LogP contribution in [-0.4, -0.2) is 55.2 Å². The van der Waals surface area contributed by atoms with Crippen LogP contribution in [0.1, 0.15) is 0 Å². The van der Waals surface area contributed by atoms with Crippen LogP contribution in [-0.2, 0) is 14.8 Å². The van der Waals surface area contributed by atoms with Gasteiger partial charge >= 0.3 is 0 Å². The van der Waals surface area contributed by atoms with Crippen LogP contribution in [0.25, 0.3) is 0 Å². The number of aliphatic hydroxyl groups excluding tert-OH is 1. The third kappa shape index (κ3) is 2.85. The molecule has 106 valence electrons. The third-order valence-corrected chi connectivity index (χ3v) is 4.73. The summed E-state index contributed by atoms with van der Waals surface area (Å²) < 4.78 is 31.5. The van der Waals surface area contributed by atoms with Crippen molar-refractivity contribution in [3.8, 4) is 0 Å². The molecule has 4 N–H and O–H groups in total. The minimum Gasteiger partial charge on any atom is -0.394 e. The number of nitrogens with one attached hydrogen (secondary N) is 1. The van der Waals surface area contributed by atoms with Gasteiger partial charge in [0.2, 0.25) is 10.0 Å². The predicted molar refractivity (Wildman–Crippen MR) is 67.6 cm³/mol. The largest absolute Gasteiger partial charge is 0.394 e. The van der Waals surface area contributed by atoms with Crippen molar-refractivity contribution in [3.63, 3.8) is 0 Å². The molecule has 0 saturated carbocycles. The smallest absolute Gasteiger partial charge is 0.246 e. The summed E-state index contributed by atoms with van der Waals surface area (Å²) in [6.45, 7) is 0.368. The highest BCUT2D eigenvalue weighted by Crippen LogP contribution is 2.23. The van der Waals surface area contributed by atoms with Crippen LogP contribution in [0.15, 0.2) is 23.2 Å². The number of hydrogen-bond acceptors (Lipinski definition) is 7. The first-order chi connectivity index (χ1) is 9.09. The molecule has 1 atom stereocenters. The second-order valence-electron chi connectivity index (χ2n) is 4.03. The van der Waals surface area contributed by atoms with Crippen molar-refractivity contribution < 1.29 is 18.3 Å². The highest BCUT2D eigenvalue weighted by Gasteiger charge is 2.32. The number of hydrogen-bond donors (Lipinski definition) is 3. The van der Waals surface area contributed by atoms with E-state index in [2.05, 4.69) is 10.4 Å². The average Bonchev–Trinajstić information content (AvgIpc) is 2.47. The lowest BCUT2D eigenvalue weighted by molar-refractivity contribution is -0.0304. The predicted octanol–water partition coefficient (Wildman–Crippen LogP) is -1.25. The van der Waals surface area contributed by atoms with Crippen molar-refractivity contribution in [3.05, 3.63) is 18.3 Å². The molecule has 1 aromatic heterocycles. The number of nitrogen functional groups attached to an aromatic ring is 1. The van der Waals surface area contributed by atoms with Crippen molar-refractivity contribution in [1.82, 2.24) is 9.29 Å². The molecule has 0 aliphatic carbocycles. The maximum atomic E-state index is 12.5. The van der Waals surface area contributed by atoms with Crippen LogP contribution < -0.4 is 11.3 Å². The van der Waals surface area contributed by atoms with Crippen molar-refractivity contribution in [1.29, 1.82) is 0 Å². The number of pyridine rings is 1. The summed E-state index contributed by atoms with van der Waals surface area (Å²) in [4.78, 5) is 3.89. The minimum absolute atomic E-state index is 0.0103. The van der Waals surface area contributed by atoms with E-state index >= 15 is 0 Å². The number of hydrazine groups is 1. The summed E-state index contributed by atoms with van der Waals surface area (Å²) in [6.07, 6.45) is 0.943. The number of aliphatic hydroxyl groups is 1. The third-order valence-electron chi connectivity index (χ3n) is 2.83. The van der Waals surface area contributed by atoms with Gasteiger partial charge < -0.3 is 15.3 Å². The maximum absolute atomic E-state index is 12.5. The van der Waals surface area contributed by atoms with Gasteiger partial charge in [-0.05, 0) is 12.1 Å². The molecule has 1 saturated heterocycles. The molecule has 2 heterocycles. The van der Waals surface area contributed by atoms with E-state index in [1.54, 1.807) is 0 Å². The molecule has 1 aliphatic heterocycles. The van der Waals surface area contributed by atoms with E-state index < -0.39 is 16.1 Å². The lowest BCUT2D eigenvalue weighted by atomic mass is 10.3. The van der Waals surface area contributed by atoms with E-state index in [-0.39, 0.29) is 37.0 Å². The van der Waals surface area contributed by atoms with Crippen molar-refractivity contribution in [2.24, 2.45) is 5.84 Å². The summed E-state index contributed by atoms with van der Waals surface area (Å²) in [5, 5.41) is 9.05.